The van der Waals surface area contributed by atoms with Crippen molar-refractivity contribution in [2.45, 2.75) is 32.4 Å². The summed E-state index contributed by atoms with van der Waals surface area (Å²) in [7, 11) is 0. The lowest BCUT2D eigenvalue weighted by Crippen LogP contribution is -2.42. The maximum absolute atomic E-state index is 5.98. The minimum atomic E-state index is 0.348. The molecule has 0 spiro atoms. The molecule has 3 heteroatoms. The van der Waals surface area contributed by atoms with Crippen LogP contribution in [0.5, 0.6) is 0 Å². The fourth-order valence-electron chi connectivity index (χ4n) is 2.31. The average molecular weight is 239 g/mol. The molecule has 1 aliphatic rings. The van der Waals surface area contributed by atoms with Gasteiger partial charge in [-0.15, -0.1) is 0 Å². The van der Waals surface area contributed by atoms with E-state index in [0.717, 1.165) is 31.1 Å². The van der Waals surface area contributed by atoms with Crippen LogP contribution in [0.25, 0.3) is 0 Å². The summed E-state index contributed by atoms with van der Waals surface area (Å²) in [5, 5.41) is 0.816. The summed E-state index contributed by atoms with van der Waals surface area (Å²) in [6.45, 7) is 5.29. The van der Waals surface area contributed by atoms with Crippen LogP contribution < -0.4 is 5.73 Å². The first-order valence-corrected chi connectivity index (χ1v) is 6.26. The van der Waals surface area contributed by atoms with Gasteiger partial charge in [0.25, 0.3) is 0 Å². The molecule has 2 nitrogen and oxygen atoms in total. The number of likely N-dealkylation sites (tertiary alicyclic amines) is 1. The molecule has 2 rings (SSSR count). The van der Waals surface area contributed by atoms with E-state index in [2.05, 4.69) is 17.9 Å². The lowest BCUT2D eigenvalue weighted by atomic mass is 10.0. The Kier molecular flexibility index (Phi) is 3.85. The third-order valence-electron chi connectivity index (χ3n) is 3.24. The van der Waals surface area contributed by atoms with Crippen LogP contribution in [0.4, 0.5) is 0 Å². The topological polar surface area (TPSA) is 29.3 Å². The lowest BCUT2D eigenvalue weighted by Gasteiger charge is -2.31. The van der Waals surface area contributed by atoms with Crippen molar-refractivity contribution in [2.24, 2.45) is 5.73 Å². The Labute approximate surface area is 102 Å². The number of halogens is 1. The Morgan fingerprint density at radius 3 is 3.00 bits per heavy atom. The van der Waals surface area contributed by atoms with Crippen molar-refractivity contribution in [2.75, 3.05) is 13.1 Å². The molecule has 1 aromatic rings. The first-order valence-electron chi connectivity index (χ1n) is 5.88. The fraction of sp³-hybridized carbons (Fsp3) is 0.538. The molecule has 0 aliphatic carbocycles. The number of nitrogens with two attached hydrogens (primary N) is 1. The van der Waals surface area contributed by atoms with Crippen molar-refractivity contribution in [3.05, 3.63) is 34.3 Å². The summed E-state index contributed by atoms with van der Waals surface area (Å²) in [5.41, 5.74) is 8.61. The third kappa shape index (κ3) is 2.97. The van der Waals surface area contributed by atoms with E-state index >= 15 is 0 Å². The van der Waals surface area contributed by atoms with E-state index in [1.807, 2.05) is 12.1 Å². The van der Waals surface area contributed by atoms with Crippen molar-refractivity contribution in [1.82, 2.24) is 4.90 Å². The molecule has 0 bridgehead atoms. The highest BCUT2D eigenvalue weighted by atomic mass is 35.5. The van der Waals surface area contributed by atoms with Crippen LogP contribution in [0, 0.1) is 6.92 Å². The van der Waals surface area contributed by atoms with E-state index in [4.69, 9.17) is 17.3 Å². The molecule has 1 heterocycles. The van der Waals surface area contributed by atoms with E-state index in [9.17, 15) is 0 Å². The van der Waals surface area contributed by atoms with Crippen molar-refractivity contribution in [3.63, 3.8) is 0 Å². The molecule has 0 unspecified atom stereocenters. The molecule has 88 valence electrons. The van der Waals surface area contributed by atoms with Gasteiger partial charge < -0.3 is 5.73 Å². The number of hydrogen-bond acceptors (Lipinski definition) is 2. The van der Waals surface area contributed by atoms with Crippen molar-refractivity contribution >= 4 is 11.6 Å². The quantitative estimate of drug-likeness (QED) is 0.858. The Morgan fingerprint density at radius 1 is 1.50 bits per heavy atom. The SMILES string of the molecule is Cc1cc(Cl)ccc1CN1CCC[C@H](N)C1. The van der Waals surface area contributed by atoms with Crippen LogP contribution in [0.15, 0.2) is 18.2 Å². The molecule has 0 aromatic heterocycles. The molecule has 1 aromatic carbocycles. The summed E-state index contributed by atoms with van der Waals surface area (Å²) in [6, 6.07) is 6.47. The summed E-state index contributed by atoms with van der Waals surface area (Å²) in [6.07, 6.45) is 2.38. The third-order valence-corrected chi connectivity index (χ3v) is 3.48. The molecule has 16 heavy (non-hydrogen) atoms. The second-order valence-corrected chi connectivity index (χ2v) is 5.14. The van der Waals surface area contributed by atoms with E-state index in [0.29, 0.717) is 6.04 Å². The summed E-state index contributed by atoms with van der Waals surface area (Å²) < 4.78 is 0. The van der Waals surface area contributed by atoms with Crippen molar-refractivity contribution in [3.8, 4) is 0 Å². The second-order valence-electron chi connectivity index (χ2n) is 4.71. The lowest BCUT2D eigenvalue weighted by molar-refractivity contribution is 0.201. The van der Waals surface area contributed by atoms with Gasteiger partial charge in [0.1, 0.15) is 0 Å². The summed E-state index contributed by atoms with van der Waals surface area (Å²) in [5.74, 6) is 0. The Hall–Kier alpha value is -0.570. The largest absolute Gasteiger partial charge is 0.327 e. The number of rotatable bonds is 2. The molecule has 1 atom stereocenters. The smallest absolute Gasteiger partial charge is 0.0408 e. The van der Waals surface area contributed by atoms with Gasteiger partial charge in [0.05, 0.1) is 0 Å². The van der Waals surface area contributed by atoms with Gasteiger partial charge >= 0.3 is 0 Å². The molecule has 1 fully saturated rings. The van der Waals surface area contributed by atoms with Crippen LogP contribution in [-0.2, 0) is 6.54 Å². The first-order chi connectivity index (χ1) is 7.65. The Bertz CT molecular complexity index is 365. The highest BCUT2D eigenvalue weighted by molar-refractivity contribution is 6.30. The number of piperidine rings is 1. The molecule has 0 amide bonds. The molecule has 1 saturated heterocycles. The minimum absolute atomic E-state index is 0.348. The maximum atomic E-state index is 5.98. The van der Waals surface area contributed by atoms with E-state index in [-0.39, 0.29) is 0 Å². The van der Waals surface area contributed by atoms with Gasteiger partial charge in [-0.3, -0.25) is 4.90 Å². The van der Waals surface area contributed by atoms with Crippen molar-refractivity contribution in [1.29, 1.82) is 0 Å². The van der Waals surface area contributed by atoms with Gasteiger partial charge in [-0.25, -0.2) is 0 Å². The highest BCUT2D eigenvalue weighted by Crippen LogP contribution is 2.18. The maximum Gasteiger partial charge on any atom is 0.0408 e. The number of hydrogen-bond donors (Lipinski definition) is 1. The molecule has 0 radical (unpaired) electrons. The standard InChI is InChI=1S/C13H19ClN2/c1-10-7-12(14)5-4-11(10)8-16-6-2-3-13(15)9-16/h4-5,7,13H,2-3,6,8-9,15H2,1H3/t13-/m0/s1. The average Bonchev–Trinajstić information content (AvgIpc) is 2.22. The van der Waals surface area contributed by atoms with Crippen LogP contribution in [0.3, 0.4) is 0 Å². The molecule has 0 saturated carbocycles. The minimum Gasteiger partial charge on any atom is -0.327 e. The number of benzene rings is 1. The molecular weight excluding hydrogens is 220 g/mol. The zero-order valence-corrected chi connectivity index (χ0v) is 10.5. The van der Waals surface area contributed by atoms with Gasteiger partial charge in [-0.05, 0) is 49.6 Å². The second kappa shape index (κ2) is 5.17. The van der Waals surface area contributed by atoms with Gasteiger partial charge in [0, 0.05) is 24.2 Å². The van der Waals surface area contributed by atoms with Crippen LogP contribution >= 0.6 is 11.6 Å². The zero-order chi connectivity index (χ0) is 11.5. The van der Waals surface area contributed by atoms with Gasteiger partial charge in [0.2, 0.25) is 0 Å². The predicted octanol–water partition coefficient (Wildman–Crippen LogP) is 2.57. The Morgan fingerprint density at radius 2 is 2.31 bits per heavy atom. The monoisotopic (exact) mass is 238 g/mol. The number of aryl methyl sites for hydroxylation is 1. The normalized spacial score (nSPS) is 22.3. The van der Waals surface area contributed by atoms with Crippen LogP contribution in [-0.4, -0.2) is 24.0 Å². The van der Waals surface area contributed by atoms with Crippen LogP contribution in [0.1, 0.15) is 24.0 Å². The summed E-state index contributed by atoms with van der Waals surface area (Å²) >= 11 is 5.95. The Balaban J connectivity index is 2.02. The highest BCUT2D eigenvalue weighted by Gasteiger charge is 2.16. The van der Waals surface area contributed by atoms with Gasteiger partial charge in [-0.2, -0.15) is 0 Å². The predicted molar refractivity (Wildman–Crippen MR) is 68.7 cm³/mol. The molecular formula is C13H19ClN2. The zero-order valence-electron chi connectivity index (χ0n) is 9.75. The summed E-state index contributed by atoms with van der Waals surface area (Å²) in [4.78, 5) is 2.43. The van der Waals surface area contributed by atoms with E-state index in [1.54, 1.807) is 0 Å². The van der Waals surface area contributed by atoms with E-state index < -0.39 is 0 Å². The van der Waals surface area contributed by atoms with Gasteiger partial charge in [0.15, 0.2) is 0 Å². The van der Waals surface area contributed by atoms with Gasteiger partial charge in [-0.1, -0.05) is 17.7 Å². The van der Waals surface area contributed by atoms with Crippen LogP contribution in [0.2, 0.25) is 5.02 Å². The number of nitrogens with zero attached hydrogens (tertiary/aromatic N) is 1. The molecule has 2 N–H and O–H groups in total. The van der Waals surface area contributed by atoms with Crippen molar-refractivity contribution < 1.29 is 0 Å². The first kappa shape index (κ1) is 11.9. The fourth-order valence-corrected chi connectivity index (χ4v) is 2.54. The van der Waals surface area contributed by atoms with E-state index in [1.165, 1.54) is 17.5 Å². The molecule has 1 aliphatic heterocycles.